The topological polar surface area (TPSA) is 72.5 Å². The zero-order valence-corrected chi connectivity index (χ0v) is 12.6. The zero-order valence-electron chi connectivity index (χ0n) is 11.8. The Balaban J connectivity index is 2.44. The molecule has 1 aromatic carbocycles. The Hall–Kier alpha value is -1.77. The van der Waals surface area contributed by atoms with E-state index in [0.29, 0.717) is 6.07 Å². The summed E-state index contributed by atoms with van der Waals surface area (Å²) < 4.78 is 66.8. The Morgan fingerprint density at radius 2 is 1.91 bits per heavy atom. The second-order valence-electron chi connectivity index (χ2n) is 5.41. The minimum Gasteiger partial charge on any atom is -0.443 e. The normalized spacial score (nSPS) is 19.7. The molecule has 1 aliphatic rings. The quantitative estimate of drug-likeness (QED) is 0.919. The average Bonchev–Trinajstić information content (AvgIpc) is 2.85. The number of ether oxygens (including phenoxy) is 1. The van der Waals surface area contributed by atoms with Crippen LogP contribution in [0.25, 0.3) is 0 Å². The molecule has 1 atom stereocenters. The molecule has 0 spiro atoms. The van der Waals surface area contributed by atoms with E-state index in [4.69, 9.17) is 4.74 Å². The summed E-state index contributed by atoms with van der Waals surface area (Å²) in [6.45, 7) is 2.60. The molecule has 1 N–H and O–H groups in total. The predicted octanol–water partition coefficient (Wildman–Crippen LogP) is 2.37. The molecule has 0 bridgehead atoms. The molecule has 1 unspecified atom stereocenters. The van der Waals surface area contributed by atoms with Gasteiger partial charge in [-0.05, 0) is 32.0 Å². The van der Waals surface area contributed by atoms with Gasteiger partial charge in [0.1, 0.15) is 10.9 Å². The largest absolute Gasteiger partial charge is 0.443 e. The number of sulfone groups is 1. The van der Waals surface area contributed by atoms with Crippen LogP contribution in [0.15, 0.2) is 29.2 Å². The summed E-state index contributed by atoms with van der Waals surface area (Å²) in [5, 5.41) is 2.33. The van der Waals surface area contributed by atoms with Crippen LogP contribution < -0.4 is 5.32 Å². The average molecular weight is 337 g/mol. The molecule has 1 saturated heterocycles. The van der Waals surface area contributed by atoms with Crippen LogP contribution in [-0.2, 0) is 20.8 Å². The Labute approximate surface area is 125 Å². The molecular weight excluding hydrogens is 323 g/mol. The molecule has 0 radical (unpaired) electrons. The van der Waals surface area contributed by atoms with Crippen LogP contribution in [0.2, 0.25) is 0 Å². The summed E-state index contributed by atoms with van der Waals surface area (Å²) in [5.74, 6) is 0. The molecule has 2 rings (SSSR count). The maximum absolute atomic E-state index is 12.7. The second-order valence-corrected chi connectivity index (χ2v) is 7.94. The number of alkyl halides is 3. The van der Waals surface area contributed by atoms with E-state index in [1.54, 1.807) is 0 Å². The van der Waals surface area contributed by atoms with Gasteiger partial charge in [0.05, 0.1) is 17.0 Å². The van der Waals surface area contributed by atoms with Crippen molar-refractivity contribution in [2.75, 3.05) is 6.54 Å². The van der Waals surface area contributed by atoms with E-state index in [2.05, 4.69) is 5.32 Å². The molecule has 1 amide bonds. The summed E-state index contributed by atoms with van der Waals surface area (Å²) >= 11 is 0. The van der Waals surface area contributed by atoms with E-state index in [1.807, 2.05) is 0 Å². The van der Waals surface area contributed by atoms with Gasteiger partial charge < -0.3 is 10.1 Å². The van der Waals surface area contributed by atoms with E-state index >= 15 is 0 Å². The van der Waals surface area contributed by atoms with Crippen LogP contribution in [0.1, 0.15) is 19.4 Å². The van der Waals surface area contributed by atoms with Crippen molar-refractivity contribution in [3.05, 3.63) is 29.8 Å². The van der Waals surface area contributed by atoms with Crippen molar-refractivity contribution in [2.24, 2.45) is 0 Å². The number of rotatable bonds is 3. The van der Waals surface area contributed by atoms with Crippen LogP contribution >= 0.6 is 0 Å². The molecule has 0 aliphatic carbocycles. The lowest BCUT2D eigenvalue weighted by atomic mass is 10.1. The van der Waals surface area contributed by atoms with Gasteiger partial charge in [-0.1, -0.05) is 6.07 Å². The maximum atomic E-state index is 12.7. The van der Waals surface area contributed by atoms with E-state index < -0.39 is 43.4 Å². The first-order valence-corrected chi connectivity index (χ1v) is 7.81. The standard InChI is InChI=1S/C13H14F3NO4S/c1-12(2,10-7-17-11(18)21-10)22(19,20)9-5-3-4-8(6-9)13(14,15)16/h3-6,10H,7H2,1-2H3,(H,17,18). The third-order valence-corrected chi connectivity index (χ3v) is 6.14. The van der Waals surface area contributed by atoms with Gasteiger partial charge in [0.15, 0.2) is 9.84 Å². The van der Waals surface area contributed by atoms with Crippen molar-refractivity contribution in [3.8, 4) is 0 Å². The van der Waals surface area contributed by atoms with Gasteiger partial charge >= 0.3 is 12.3 Å². The number of cyclic esters (lactones) is 1. The number of amides is 1. The van der Waals surface area contributed by atoms with Crippen molar-refractivity contribution in [1.29, 1.82) is 0 Å². The Morgan fingerprint density at radius 3 is 2.41 bits per heavy atom. The molecule has 0 aromatic heterocycles. The molecule has 0 saturated carbocycles. The van der Waals surface area contributed by atoms with E-state index in [-0.39, 0.29) is 6.54 Å². The summed E-state index contributed by atoms with van der Waals surface area (Å²) in [6.07, 6.45) is -6.38. The molecular formula is C13H14F3NO4S. The van der Waals surface area contributed by atoms with E-state index in [1.165, 1.54) is 13.8 Å². The highest BCUT2D eigenvalue weighted by atomic mass is 32.2. The molecule has 1 aromatic rings. The van der Waals surface area contributed by atoms with Crippen LogP contribution in [0.4, 0.5) is 18.0 Å². The Kier molecular flexibility index (Phi) is 3.88. The first-order valence-electron chi connectivity index (χ1n) is 6.32. The number of benzene rings is 1. The van der Waals surface area contributed by atoms with Crippen LogP contribution in [-0.4, -0.2) is 31.9 Å². The Bertz CT molecular complexity index is 697. The molecule has 1 heterocycles. The fourth-order valence-corrected chi connectivity index (χ4v) is 3.72. The first kappa shape index (κ1) is 16.6. The van der Waals surface area contributed by atoms with Gasteiger partial charge in [-0.15, -0.1) is 0 Å². The molecule has 5 nitrogen and oxygen atoms in total. The number of hydrogen-bond acceptors (Lipinski definition) is 4. The molecule has 9 heteroatoms. The number of halogens is 3. The van der Waals surface area contributed by atoms with Crippen LogP contribution in [0.3, 0.4) is 0 Å². The predicted molar refractivity (Wildman–Crippen MR) is 71.0 cm³/mol. The van der Waals surface area contributed by atoms with Crippen LogP contribution in [0, 0.1) is 0 Å². The summed E-state index contributed by atoms with van der Waals surface area (Å²) in [7, 11) is -4.15. The fraction of sp³-hybridized carbons (Fsp3) is 0.462. The highest BCUT2D eigenvalue weighted by Gasteiger charge is 2.48. The van der Waals surface area contributed by atoms with Crippen LogP contribution in [0.5, 0.6) is 0 Å². The monoisotopic (exact) mass is 337 g/mol. The van der Waals surface area contributed by atoms with Crippen molar-refractivity contribution in [2.45, 2.75) is 35.8 Å². The fourth-order valence-electron chi connectivity index (χ4n) is 2.09. The SMILES string of the molecule is CC(C)(C1CNC(=O)O1)S(=O)(=O)c1cccc(C(F)(F)F)c1. The van der Waals surface area contributed by atoms with E-state index in [9.17, 15) is 26.4 Å². The second kappa shape index (κ2) is 5.15. The van der Waals surface area contributed by atoms with Crippen molar-refractivity contribution in [1.82, 2.24) is 5.32 Å². The third kappa shape index (κ3) is 2.77. The maximum Gasteiger partial charge on any atom is 0.416 e. The lowest BCUT2D eigenvalue weighted by molar-refractivity contribution is -0.137. The van der Waals surface area contributed by atoms with Gasteiger partial charge in [0, 0.05) is 0 Å². The van der Waals surface area contributed by atoms with E-state index in [0.717, 1.165) is 18.2 Å². The zero-order chi connectivity index (χ0) is 16.8. The summed E-state index contributed by atoms with van der Waals surface area (Å²) in [6, 6.07) is 3.51. The number of carbonyl (C=O) groups is 1. The molecule has 1 aliphatic heterocycles. The number of hydrogen-bond donors (Lipinski definition) is 1. The highest BCUT2D eigenvalue weighted by molar-refractivity contribution is 7.92. The number of carbonyl (C=O) groups excluding carboxylic acids is 1. The third-order valence-electron chi connectivity index (χ3n) is 3.62. The minimum absolute atomic E-state index is 0.0238. The molecule has 122 valence electrons. The number of nitrogens with one attached hydrogen (secondary N) is 1. The lowest BCUT2D eigenvalue weighted by Crippen LogP contribution is -2.46. The highest BCUT2D eigenvalue weighted by Crippen LogP contribution is 2.35. The molecule has 22 heavy (non-hydrogen) atoms. The van der Waals surface area contributed by atoms with Gasteiger partial charge in [-0.3, -0.25) is 0 Å². The van der Waals surface area contributed by atoms with Gasteiger partial charge in [-0.25, -0.2) is 13.2 Å². The lowest BCUT2D eigenvalue weighted by Gasteiger charge is -2.29. The van der Waals surface area contributed by atoms with Gasteiger partial charge in [0.2, 0.25) is 0 Å². The van der Waals surface area contributed by atoms with Gasteiger partial charge in [0.25, 0.3) is 0 Å². The molecule has 1 fully saturated rings. The van der Waals surface area contributed by atoms with Crippen molar-refractivity contribution < 1.29 is 31.1 Å². The van der Waals surface area contributed by atoms with Crippen molar-refractivity contribution in [3.63, 3.8) is 0 Å². The van der Waals surface area contributed by atoms with Crippen molar-refractivity contribution >= 4 is 15.9 Å². The smallest absolute Gasteiger partial charge is 0.416 e. The Morgan fingerprint density at radius 1 is 1.27 bits per heavy atom. The summed E-state index contributed by atoms with van der Waals surface area (Å²) in [4.78, 5) is 10.6. The number of alkyl carbamates (subject to hydrolysis) is 1. The summed E-state index contributed by atoms with van der Waals surface area (Å²) in [5.41, 5.74) is -1.05. The van der Waals surface area contributed by atoms with Gasteiger partial charge in [-0.2, -0.15) is 13.2 Å². The minimum atomic E-state index is -4.64. The first-order chi connectivity index (χ1) is 9.96.